The number of benzene rings is 1. The number of likely N-dealkylation sites (tertiary alicyclic amines) is 1. The molecular weight excluding hydrogens is 318 g/mol. The number of nitrogens with zero attached hydrogens (tertiary/aromatic N) is 3. The first-order chi connectivity index (χ1) is 11.9. The zero-order chi connectivity index (χ0) is 18.0. The van der Waals surface area contributed by atoms with Gasteiger partial charge >= 0.3 is 0 Å². The number of rotatable bonds is 6. The minimum atomic E-state index is -0.951. The van der Waals surface area contributed by atoms with Crippen molar-refractivity contribution in [3.8, 4) is 5.75 Å². The number of aliphatic hydroxyl groups is 1. The molecule has 2 heterocycles. The third-order valence-corrected chi connectivity index (χ3v) is 5.01. The summed E-state index contributed by atoms with van der Waals surface area (Å²) in [6, 6.07) is 7.65. The normalized spacial score (nSPS) is 20.8. The number of hydrogen-bond donors (Lipinski definition) is 1. The lowest BCUT2D eigenvalue weighted by molar-refractivity contribution is -0.0262. The highest BCUT2D eigenvalue weighted by molar-refractivity contribution is 5.31. The van der Waals surface area contributed by atoms with Crippen LogP contribution in [0, 0.1) is 0 Å². The van der Waals surface area contributed by atoms with Crippen molar-refractivity contribution < 1.29 is 14.4 Å². The molecule has 0 unspecified atom stereocenters. The van der Waals surface area contributed by atoms with E-state index in [1.54, 1.807) is 7.11 Å². The van der Waals surface area contributed by atoms with E-state index in [9.17, 15) is 5.11 Å². The first-order valence-electron chi connectivity index (χ1n) is 8.85. The van der Waals surface area contributed by atoms with E-state index in [4.69, 9.17) is 9.26 Å². The van der Waals surface area contributed by atoms with Crippen molar-refractivity contribution >= 4 is 0 Å². The topological polar surface area (TPSA) is 71.6 Å². The van der Waals surface area contributed by atoms with E-state index < -0.39 is 5.60 Å². The molecule has 0 aliphatic carbocycles. The molecule has 1 saturated heterocycles. The second kappa shape index (κ2) is 7.14. The molecule has 1 fully saturated rings. The highest BCUT2D eigenvalue weighted by atomic mass is 16.5. The Morgan fingerprint density at radius 1 is 1.36 bits per heavy atom. The van der Waals surface area contributed by atoms with Crippen LogP contribution in [-0.4, -0.2) is 39.8 Å². The minimum absolute atomic E-state index is 0.0156. The Balaban J connectivity index is 1.76. The predicted octanol–water partition coefficient (Wildman–Crippen LogP) is 3.07. The third kappa shape index (κ3) is 3.70. The molecular formula is C19H27N3O3. The van der Waals surface area contributed by atoms with E-state index in [1.807, 2.05) is 45.0 Å². The van der Waals surface area contributed by atoms with E-state index in [0.29, 0.717) is 18.3 Å². The summed E-state index contributed by atoms with van der Waals surface area (Å²) in [4.78, 5) is 6.72. The summed E-state index contributed by atoms with van der Waals surface area (Å²) < 4.78 is 10.5. The second-order valence-corrected chi connectivity index (χ2v) is 7.21. The molecule has 0 spiro atoms. The summed E-state index contributed by atoms with van der Waals surface area (Å²) in [5.41, 5.74) is -0.0610. The SMILES string of the molecule is COc1ccc([C@](C)(O)[C@@H]2CCCN2Cc2noc(C(C)C)n2)cc1. The average molecular weight is 345 g/mol. The molecule has 3 rings (SSSR count). The van der Waals surface area contributed by atoms with Crippen molar-refractivity contribution in [1.29, 1.82) is 0 Å². The van der Waals surface area contributed by atoms with Gasteiger partial charge in [0.1, 0.15) is 11.4 Å². The quantitative estimate of drug-likeness (QED) is 0.867. The monoisotopic (exact) mass is 345 g/mol. The first kappa shape index (κ1) is 17.9. The summed E-state index contributed by atoms with van der Waals surface area (Å²) in [5.74, 6) is 2.35. The molecule has 136 valence electrons. The van der Waals surface area contributed by atoms with Crippen LogP contribution in [0.1, 0.15) is 56.8 Å². The number of hydrogen-bond acceptors (Lipinski definition) is 6. The van der Waals surface area contributed by atoms with Gasteiger partial charge in [-0.1, -0.05) is 31.1 Å². The summed E-state index contributed by atoms with van der Waals surface area (Å²) in [6.07, 6.45) is 1.99. The first-order valence-corrected chi connectivity index (χ1v) is 8.85. The molecule has 0 amide bonds. The largest absolute Gasteiger partial charge is 0.497 e. The summed E-state index contributed by atoms with van der Waals surface area (Å²) >= 11 is 0. The molecule has 6 nitrogen and oxygen atoms in total. The van der Waals surface area contributed by atoms with Gasteiger partial charge in [0, 0.05) is 12.0 Å². The maximum atomic E-state index is 11.2. The molecule has 2 aromatic rings. The average Bonchev–Trinajstić information content (AvgIpc) is 3.25. The predicted molar refractivity (Wildman–Crippen MR) is 94.4 cm³/mol. The standard InChI is InChI=1S/C19H27N3O3/c1-13(2)18-20-17(21-25-18)12-22-11-5-6-16(22)19(3,23)14-7-9-15(24-4)10-8-14/h7-10,13,16,23H,5-6,11-12H2,1-4H3/t16-,19-/m0/s1. The lowest BCUT2D eigenvalue weighted by atomic mass is 9.86. The van der Waals surface area contributed by atoms with Crippen LogP contribution in [0.4, 0.5) is 0 Å². The van der Waals surface area contributed by atoms with Crippen LogP contribution >= 0.6 is 0 Å². The van der Waals surface area contributed by atoms with E-state index >= 15 is 0 Å². The Labute approximate surface area is 148 Å². The third-order valence-electron chi connectivity index (χ3n) is 5.01. The maximum absolute atomic E-state index is 11.2. The highest BCUT2D eigenvalue weighted by Crippen LogP contribution is 2.36. The van der Waals surface area contributed by atoms with Gasteiger partial charge < -0.3 is 14.4 Å². The lowest BCUT2D eigenvalue weighted by Gasteiger charge is -2.36. The van der Waals surface area contributed by atoms with Crippen molar-refractivity contribution in [3.63, 3.8) is 0 Å². The second-order valence-electron chi connectivity index (χ2n) is 7.21. The Bertz CT molecular complexity index is 694. The summed E-state index contributed by atoms with van der Waals surface area (Å²) in [7, 11) is 1.64. The molecule has 1 aromatic heterocycles. The van der Waals surface area contributed by atoms with Gasteiger partial charge in [-0.15, -0.1) is 0 Å². The smallest absolute Gasteiger partial charge is 0.229 e. The van der Waals surface area contributed by atoms with Gasteiger partial charge in [-0.25, -0.2) is 0 Å². The van der Waals surface area contributed by atoms with Gasteiger partial charge in [0.15, 0.2) is 5.82 Å². The van der Waals surface area contributed by atoms with Crippen LogP contribution in [0.25, 0.3) is 0 Å². The number of ether oxygens (including phenoxy) is 1. The zero-order valence-corrected chi connectivity index (χ0v) is 15.4. The molecule has 1 N–H and O–H groups in total. The van der Waals surface area contributed by atoms with E-state index in [-0.39, 0.29) is 12.0 Å². The number of aromatic nitrogens is 2. The van der Waals surface area contributed by atoms with Crippen LogP contribution < -0.4 is 4.74 Å². The van der Waals surface area contributed by atoms with Crippen molar-refractivity contribution in [1.82, 2.24) is 15.0 Å². The molecule has 0 bridgehead atoms. The fraction of sp³-hybridized carbons (Fsp3) is 0.579. The van der Waals surface area contributed by atoms with Crippen LogP contribution in [0.15, 0.2) is 28.8 Å². The van der Waals surface area contributed by atoms with Gasteiger partial charge in [0.2, 0.25) is 5.89 Å². The lowest BCUT2D eigenvalue weighted by Crippen LogP contribution is -2.45. The van der Waals surface area contributed by atoms with Crippen LogP contribution in [0.5, 0.6) is 5.75 Å². The van der Waals surface area contributed by atoms with Crippen molar-refractivity contribution in [2.75, 3.05) is 13.7 Å². The Kier molecular flexibility index (Phi) is 5.11. The van der Waals surface area contributed by atoms with E-state index in [1.165, 1.54) is 0 Å². The number of methoxy groups -OCH3 is 1. The maximum Gasteiger partial charge on any atom is 0.229 e. The van der Waals surface area contributed by atoms with Gasteiger partial charge in [0.25, 0.3) is 0 Å². The Hall–Kier alpha value is -1.92. The fourth-order valence-corrected chi connectivity index (χ4v) is 3.52. The van der Waals surface area contributed by atoms with Gasteiger partial charge in [0.05, 0.1) is 13.7 Å². The zero-order valence-electron chi connectivity index (χ0n) is 15.4. The minimum Gasteiger partial charge on any atom is -0.497 e. The van der Waals surface area contributed by atoms with Crippen LogP contribution in [0.2, 0.25) is 0 Å². The Morgan fingerprint density at radius 2 is 2.08 bits per heavy atom. The van der Waals surface area contributed by atoms with Gasteiger partial charge in [-0.3, -0.25) is 4.90 Å². The molecule has 0 radical (unpaired) electrons. The van der Waals surface area contributed by atoms with Crippen LogP contribution in [0.3, 0.4) is 0 Å². The van der Waals surface area contributed by atoms with Gasteiger partial charge in [-0.05, 0) is 44.0 Å². The van der Waals surface area contributed by atoms with E-state index in [0.717, 1.165) is 30.7 Å². The molecule has 1 aliphatic rings. The molecule has 0 saturated carbocycles. The van der Waals surface area contributed by atoms with E-state index in [2.05, 4.69) is 15.0 Å². The van der Waals surface area contributed by atoms with Crippen molar-refractivity contribution in [2.45, 2.75) is 57.7 Å². The van der Waals surface area contributed by atoms with Crippen LogP contribution in [-0.2, 0) is 12.1 Å². The summed E-state index contributed by atoms with van der Waals surface area (Å²) in [6.45, 7) is 7.46. The Morgan fingerprint density at radius 3 is 2.68 bits per heavy atom. The molecule has 2 atom stereocenters. The summed E-state index contributed by atoms with van der Waals surface area (Å²) in [5, 5.41) is 15.3. The molecule has 6 heteroatoms. The van der Waals surface area contributed by atoms with Gasteiger partial charge in [-0.2, -0.15) is 4.98 Å². The molecule has 25 heavy (non-hydrogen) atoms. The molecule has 1 aliphatic heterocycles. The molecule has 1 aromatic carbocycles. The highest BCUT2D eigenvalue weighted by Gasteiger charge is 2.40. The van der Waals surface area contributed by atoms with Crippen molar-refractivity contribution in [3.05, 3.63) is 41.5 Å². The fourth-order valence-electron chi connectivity index (χ4n) is 3.52. The van der Waals surface area contributed by atoms with Crippen molar-refractivity contribution in [2.24, 2.45) is 0 Å².